The number of aryl methyl sites for hydroxylation is 1. The minimum Gasteiger partial charge on any atom is -0.496 e. The monoisotopic (exact) mass is 416 g/mol. The van der Waals surface area contributed by atoms with Gasteiger partial charge in [0.25, 0.3) is 5.91 Å². The molecule has 0 spiro atoms. The summed E-state index contributed by atoms with van der Waals surface area (Å²) in [5, 5.41) is 3.01. The van der Waals surface area contributed by atoms with Crippen LogP contribution < -0.4 is 10.1 Å². The van der Waals surface area contributed by atoms with Gasteiger partial charge in [0.05, 0.1) is 23.6 Å². The van der Waals surface area contributed by atoms with Crippen molar-refractivity contribution in [1.82, 2.24) is 9.62 Å². The smallest absolute Gasteiger partial charge is 0.255 e. The largest absolute Gasteiger partial charge is 0.496 e. The molecule has 0 bridgehead atoms. The maximum atomic E-state index is 13.0. The number of benzene rings is 2. The maximum absolute atomic E-state index is 13.0. The van der Waals surface area contributed by atoms with Crippen LogP contribution in [0.15, 0.2) is 47.4 Å². The molecule has 0 unspecified atom stereocenters. The molecule has 1 aliphatic heterocycles. The maximum Gasteiger partial charge on any atom is 0.255 e. The summed E-state index contributed by atoms with van der Waals surface area (Å²) >= 11 is 0. The van der Waals surface area contributed by atoms with Gasteiger partial charge in [-0.15, -0.1) is 0 Å². The molecule has 1 N–H and O–H groups in total. The van der Waals surface area contributed by atoms with Crippen LogP contribution in [0.1, 0.15) is 53.7 Å². The number of nitrogens with one attached hydrogen (secondary N) is 1. The van der Waals surface area contributed by atoms with E-state index in [1.54, 1.807) is 6.07 Å². The molecule has 2 aromatic carbocycles. The summed E-state index contributed by atoms with van der Waals surface area (Å²) in [5.74, 6) is -0.00521. The summed E-state index contributed by atoms with van der Waals surface area (Å²) in [6, 6.07) is 12.3. The summed E-state index contributed by atoms with van der Waals surface area (Å²) in [5.41, 5.74) is 2.38. The molecule has 1 amide bonds. The molecule has 3 rings (SSSR count). The molecule has 1 saturated heterocycles. The predicted molar refractivity (Wildman–Crippen MR) is 113 cm³/mol. The summed E-state index contributed by atoms with van der Waals surface area (Å²) in [7, 11) is -2.14. The Bertz CT molecular complexity index is 965. The first-order chi connectivity index (χ1) is 13.9. The molecule has 1 atom stereocenters. The molecule has 0 aliphatic carbocycles. The van der Waals surface area contributed by atoms with Gasteiger partial charge < -0.3 is 10.1 Å². The highest BCUT2D eigenvalue weighted by atomic mass is 32.2. The Morgan fingerprint density at radius 1 is 1.14 bits per heavy atom. The molecule has 1 aliphatic rings. The quantitative estimate of drug-likeness (QED) is 0.747. The topological polar surface area (TPSA) is 75.7 Å². The van der Waals surface area contributed by atoms with Crippen LogP contribution in [-0.4, -0.2) is 38.8 Å². The van der Waals surface area contributed by atoms with Gasteiger partial charge in [-0.2, -0.15) is 4.31 Å². The molecule has 0 aromatic heterocycles. The number of methoxy groups -OCH3 is 1. The number of carbonyl (C=O) groups is 1. The van der Waals surface area contributed by atoms with E-state index in [4.69, 9.17) is 4.74 Å². The third kappa shape index (κ3) is 4.62. The highest BCUT2D eigenvalue weighted by Gasteiger charge is 2.29. The fourth-order valence-corrected chi connectivity index (χ4v) is 5.10. The molecular weight excluding hydrogens is 388 g/mol. The van der Waals surface area contributed by atoms with Crippen LogP contribution in [0.4, 0.5) is 0 Å². The van der Waals surface area contributed by atoms with Gasteiger partial charge in [0.1, 0.15) is 5.75 Å². The molecule has 1 heterocycles. The molecule has 0 radical (unpaired) electrons. The lowest BCUT2D eigenvalue weighted by Crippen LogP contribution is -2.30. The van der Waals surface area contributed by atoms with Crippen LogP contribution in [0.2, 0.25) is 0 Å². The number of rotatable bonds is 7. The Morgan fingerprint density at radius 2 is 1.79 bits per heavy atom. The van der Waals surface area contributed by atoms with Gasteiger partial charge in [0.15, 0.2) is 0 Å². The van der Waals surface area contributed by atoms with Gasteiger partial charge in [0.2, 0.25) is 10.0 Å². The van der Waals surface area contributed by atoms with Crippen molar-refractivity contribution in [2.75, 3.05) is 20.2 Å². The number of hydrogen-bond donors (Lipinski definition) is 1. The summed E-state index contributed by atoms with van der Waals surface area (Å²) < 4.78 is 32.6. The van der Waals surface area contributed by atoms with Gasteiger partial charge in [-0.3, -0.25) is 4.79 Å². The number of ether oxygens (including phenoxy) is 1. The van der Waals surface area contributed by atoms with Gasteiger partial charge in [-0.1, -0.05) is 36.8 Å². The molecule has 2 aromatic rings. The number of hydrogen-bond acceptors (Lipinski definition) is 4. The van der Waals surface area contributed by atoms with Crippen molar-refractivity contribution in [1.29, 1.82) is 0 Å². The van der Waals surface area contributed by atoms with Crippen molar-refractivity contribution in [3.63, 3.8) is 0 Å². The Kier molecular flexibility index (Phi) is 6.59. The Balaban J connectivity index is 1.89. The van der Waals surface area contributed by atoms with Crippen molar-refractivity contribution in [2.24, 2.45) is 0 Å². The second-order valence-electron chi connectivity index (χ2n) is 7.32. The third-order valence-corrected chi connectivity index (χ3v) is 7.21. The van der Waals surface area contributed by atoms with Gasteiger partial charge in [0, 0.05) is 13.1 Å². The first kappa shape index (κ1) is 21.3. The first-order valence-electron chi connectivity index (χ1n) is 9.92. The average molecular weight is 417 g/mol. The standard InChI is InChI=1S/C22H28N2O4S/c1-4-20(17-9-7-16(2)8-10-17)23-22(25)19-15-18(11-12-21(19)28-3)29(26,27)24-13-5-6-14-24/h7-12,15,20H,4-6,13-14H2,1-3H3,(H,23,25)/t20-/m1/s1. The van der Waals surface area contributed by atoms with E-state index in [9.17, 15) is 13.2 Å². The second-order valence-corrected chi connectivity index (χ2v) is 9.26. The second kappa shape index (κ2) is 8.97. The molecule has 0 saturated carbocycles. The van der Waals surface area contributed by atoms with E-state index < -0.39 is 10.0 Å². The zero-order chi connectivity index (χ0) is 21.0. The summed E-state index contributed by atoms with van der Waals surface area (Å²) in [4.78, 5) is 13.2. The summed E-state index contributed by atoms with van der Waals surface area (Å²) in [6.45, 7) is 5.04. The fraction of sp³-hybridized carbons (Fsp3) is 0.409. The Labute approximate surface area is 172 Å². The lowest BCUT2D eigenvalue weighted by molar-refractivity contribution is 0.0932. The van der Waals surface area contributed by atoms with E-state index in [1.165, 1.54) is 23.5 Å². The number of carbonyl (C=O) groups excluding carboxylic acids is 1. The number of sulfonamides is 1. The Morgan fingerprint density at radius 3 is 2.38 bits per heavy atom. The fourth-order valence-electron chi connectivity index (χ4n) is 3.56. The van der Waals surface area contributed by atoms with E-state index >= 15 is 0 Å². The molecule has 6 nitrogen and oxygen atoms in total. The van der Waals surface area contributed by atoms with E-state index in [0.29, 0.717) is 25.3 Å². The van der Waals surface area contributed by atoms with Crippen molar-refractivity contribution < 1.29 is 17.9 Å². The van der Waals surface area contributed by atoms with Crippen LogP contribution in [0.5, 0.6) is 5.75 Å². The molecule has 1 fully saturated rings. The zero-order valence-electron chi connectivity index (χ0n) is 17.1. The lowest BCUT2D eigenvalue weighted by Gasteiger charge is -2.20. The number of amides is 1. The van der Waals surface area contributed by atoms with E-state index in [1.807, 2.05) is 38.1 Å². The summed E-state index contributed by atoms with van der Waals surface area (Å²) in [6.07, 6.45) is 2.43. The third-order valence-electron chi connectivity index (χ3n) is 5.31. The molecule has 29 heavy (non-hydrogen) atoms. The van der Waals surface area contributed by atoms with Crippen LogP contribution in [0.3, 0.4) is 0 Å². The van der Waals surface area contributed by atoms with E-state index in [2.05, 4.69) is 5.32 Å². The minimum absolute atomic E-state index is 0.119. The molecule has 7 heteroatoms. The average Bonchev–Trinajstić information content (AvgIpc) is 3.28. The van der Waals surface area contributed by atoms with Crippen molar-refractivity contribution in [2.45, 2.75) is 44.0 Å². The van der Waals surface area contributed by atoms with Crippen molar-refractivity contribution in [3.8, 4) is 5.75 Å². The zero-order valence-corrected chi connectivity index (χ0v) is 18.0. The first-order valence-corrected chi connectivity index (χ1v) is 11.4. The van der Waals surface area contributed by atoms with Gasteiger partial charge in [-0.05, 0) is 49.9 Å². The van der Waals surface area contributed by atoms with E-state index in [0.717, 1.165) is 24.0 Å². The molecule has 156 valence electrons. The van der Waals surface area contributed by atoms with Crippen LogP contribution >= 0.6 is 0 Å². The highest BCUT2D eigenvalue weighted by Crippen LogP contribution is 2.27. The van der Waals surface area contributed by atoms with E-state index in [-0.39, 0.29) is 22.4 Å². The van der Waals surface area contributed by atoms with Gasteiger partial charge in [-0.25, -0.2) is 8.42 Å². The van der Waals surface area contributed by atoms with Gasteiger partial charge >= 0.3 is 0 Å². The van der Waals surface area contributed by atoms with Crippen LogP contribution in [-0.2, 0) is 10.0 Å². The normalized spacial score (nSPS) is 15.8. The predicted octanol–water partition coefficient (Wildman–Crippen LogP) is 3.67. The molecular formula is C22H28N2O4S. The van der Waals surface area contributed by atoms with Crippen LogP contribution in [0, 0.1) is 6.92 Å². The SMILES string of the molecule is CC[C@@H](NC(=O)c1cc(S(=O)(=O)N2CCCC2)ccc1OC)c1ccc(C)cc1. The Hall–Kier alpha value is -2.38. The highest BCUT2D eigenvalue weighted by molar-refractivity contribution is 7.89. The lowest BCUT2D eigenvalue weighted by atomic mass is 10.0. The minimum atomic E-state index is -3.61. The van der Waals surface area contributed by atoms with Crippen LogP contribution in [0.25, 0.3) is 0 Å². The van der Waals surface area contributed by atoms with Crippen molar-refractivity contribution in [3.05, 3.63) is 59.2 Å². The number of nitrogens with zero attached hydrogens (tertiary/aromatic N) is 1. The van der Waals surface area contributed by atoms with Crippen molar-refractivity contribution >= 4 is 15.9 Å².